The average molecular weight is 491 g/mol. The van der Waals surface area contributed by atoms with E-state index in [0.717, 1.165) is 25.7 Å². The molecule has 4 aliphatic heterocycles. The topological polar surface area (TPSA) is 81.7 Å². The van der Waals surface area contributed by atoms with Crippen LogP contribution in [0.2, 0.25) is 0 Å². The van der Waals surface area contributed by atoms with Crippen molar-refractivity contribution in [3.63, 3.8) is 0 Å². The quantitative estimate of drug-likeness (QED) is 0.304. The summed E-state index contributed by atoms with van der Waals surface area (Å²) < 4.78 is 29.1. The van der Waals surface area contributed by atoms with E-state index in [4.69, 9.17) is 33.5 Å². The molecule has 5 aliphatic rings. The number of benzene rings is 1. The van der Waals surface area contributed by atoms with Gasteiger partial charge in [-0.25, -0.2) is 14.6 Å². The van der Waals surface area contributed by atoms with Crippen molar-refractivity contribution in [2.75, 3.05) is 20.8 Å². The summed E-state index contributed by atoms with van der Waals surface area (Å²) in [6, 6.07) is 5.02. The fraction of sp³-hybridized carbons (Fsp3) is 0.741. The molecule has 1 aliphatic carbocycles. The van der Waals surface area contributed by atoms with E-state index in [-0.39, 0.29) is 12.0 Å². The second kappa shape index (κ2) is 9.54. The van der Waals surface area contributed by atoms with Gasteiger partial charge < -0.3 is 23.7 Å². The number of ether oxygens (including phenoxy) is 5. The molecule has 0 aromatic heterocycles. The molecule has 0 radical (unpaired) electrons. The standard InChI is InChI=1S/C27H38O8/c1-16-8-9-22-17(2)23(32-25-27(22)21(16)10-11-26(3,33-25)34-35-27)7-6-12-31-24(28)18-13-19(29-4)15-20(14-18)30-5/h13-17,21-23,25H,6-12H2,1-5H3/t16-,17-,21+,22+,23-,25?,26?,27-/m1/s1. The molecule has 2 unspecified atom stereocenters. The Labute approximate surface area is 207 Å². The third-order valence-electron chi connectivity index (χ3n) is 8.75. The second-order valence-electron chi connectivity index (χ2n) is 10.8. The Morgan fingerprint density at radius 3 is 2.49 bits per heavy atom. The van der Waals surface area contributed by atoms with Crippen molar-refractivity contribution in [1.82, 2.24) is 0 Å². The lowest BCUT2D eigenvalue weighted by atomic mass is 9.57. The first kappa shape index (κ1) is 24.8. The van der Waals surface area contributed by atoms with Crippen LogP contribution in [-0.2, 0) is 24.0 Å². The summed E-state index contributed by atoms with van der Waals surface area (Å²) in [6.07, 6.45) is 5.13. The molecule has 4 saturated heterocycles. The number of rotatable bonds is 7. The van der Waals surface area contributed by atoms with Crippen LogP contribution in [0.15, 0.2) is 18.2 Å². The number of methoxy groups -OCH3 is 2. The van der Waals surface area contributed by atoms with Crippen molar-refractivity contribution in [3.8, 4) is 11.5 Å². The van der Waals surface area contributed by atoms with E-state index in [2.05, 4.69) is 13.8 Å². The van der Waals surface area contributed by atoms with Crippen molar-refractivity contribution >= 4 is 5.97 Å². The Hall–Kier alpha value is -1.87. The van der Waals surface area contributed by atoms with Crippen LogP contribution in [0.25, 0.3) is 0 Å². The minimum Gasteiger partial charge on any atom is -0.497 e. The van der Waals surface area contributed by atoms with E-state index in [0.29, 0.717) is 47.8 Å². The van der Waals surface area contributed by atoms with Crippen LogP contribution in [0.4, 0.5) is 0 Å². The first-order valence-corrected chi connectivity index (χ1v) is 12.9. The molecule has 35 heavy (non-hydrogen) atoms. The summed E-state index contributed by atoms with van der Waals surface area (Å²) in [7, 11) is 3.10. The number of hydrogen-bond acceptors (Lipinski definition) is 8. The summed E-state index contributed by atoms with van der Waals surface area (Å²) in [5.41, 5.74) is -0.136. The normalized spacial score (nSPS) is 39.9. The number of fused-ring (bicyclic) bond motifs is 2. The van der Waals surface area contributed by atoms with Gasteiger partial charge in [-0.1, -0.05) is 13.8 Å². The number of carbonyl (C=O) groups is 1. The van der Waals surface area contributed by atoms with E-state index in [1.165, 1.54) is 6.42 Å². The Kier molecular flexibility index (Phi) is 6.76. The molecule has 4 heterocycles. The van der Waals surface area contributed by atoms with E-state index in [1.807, 2.05) is 6.92 Å². The van der Waals surface area contributed by atoms with E-state index in [9.17, 15) is 4.79 Å². The minimum absolute atomic E-state index is 0.00634. The molecular formula is C27H38O8. The predicted molar refractivity (Wildman–Crippen MR) is 126 cm³/mol. The van der Waals surface area contributed by atoms with Gasteiger partial charge in [-0.3, -0.25) is 0 Å². The molecular weight excluding hydrogens is 452 g/mol. The van der Waals surface area contributed by atoms with Crippen molar-refractivity contribution in [3.05, 3.63) is 23.8 Å². The first-order chi connectivity index (χ1) is 16.8. The van der Waals surface area contributed by atoms with Crippen LogP contribution >= 0.6 is 0 Å². The summed E-state index contributed by atoms with van der Waals surface area (Å²) >= 11 is 0. The third kappa shape index (κ3) is 4.32. The molecule has 8 atom stereocenters. The van der Waals surface area contributed by atoms with Gasteiger partial charge in [0.15, 0.2) is 11.9 Å². The minimum atomic E-state index is -0.768. The van der Waals surface area contributed by atoms with E-state index in [1.54, 1.807) is 32.4 Å². The summed E-state index contributed by atoms with van der Waals surface area (Å²) in [5.74, 6) is 1.43. The molecule has 8 nitrogen and oxygen atoms in total. The molecule has 8 heteroatoms. The van der Waals surface area contributed by atoms with Gasteiger partial charge in [0.2, 0.25) is 5.79 Å². The highest BCUT2D eigenvalue weighted by molar-refractivity contribution is 5.90. The molecule has 6 rings (SSSR count). The lowest BCUT2D eigenvalue weighted by Crippen LogP contribution is -2.70. The fourth-order valence-electron chi connectivity index (χ4n) is 6.77. The van der Waals surface area contributed by atoms with Gasteiger partial charge in [0.25, 0.3) is 0 Å². The van der Waals surface area contributed by atoms with Gasteiger partial charge in [-0.15, -0.1) is 0 Å². The van der Waals surface area contributed by atoms with Crippen molar-refractivity contribution in [2.24, 2.45) is 23.7 Å². The molecule has 0 amide bonds. The predicted octanol–water partition coefficient (Wildman–Crippen LogP) is 4.89. The highest BCUT2D eigenvalue weighted by Crippen LogP contribution is 2.60. The maximum atomic E-state index is 12.6. The maximum Gasteiger partial charge on any atom is 0.338 e. The third-order valence-corrected chi connectivity index (χ3v) is 8.75. The maximum absolute atomic E-state index is 12.6. The zero-order valence-corrected chi connectivity index (χ0v) is 21.4. The van der Waals surface area contributed by atoms with Gasteiger partial charge >= 0.3 is 5.97 Å². The largest absolute Gasteiger partial charge is 0.497 e. The summed E-state index contributed by atoms with van der Waals surface area (Å²) in [5, 5.41) is 0. The van der Waals surface area contributed by atoms with Gasteiger partial charge in [-0.2, -0.15) is 0 Å². The Morgan fingerprint density at radius 2 is 1.77 bits per heavy atom. The first-order valence-electron chi connectivity index (χ1n) is 12.9. The molecule has 1 aromatic carbocycles. The van der Waals surface area contributed by atoms with Crippen LogP contribution < -0.4 is 9.47 Å². The summed E-state index contributed by atoms with van der Waals surface area (Å²) in [6.45, 7) is 6.83. The molecule has 1 saturated carbocycles. The van der Waals surface area contributed by atoms with Crippen LogP contribution in [0, 0.1) is 23.7 Å². The van der Waals surface area contributed by atoms with Gasteiger partial charge in [0.1, 0.15) is 11.5 Å². The monoisotopic (exact) mass is 490 g/mol. The number of carbonyl (C=O) groups excluding carboxylic acids is 1. The van der Waals surface area contributed by atoms with Gasteiger partial charge in [-0.05, 0) is 68.9 Å². The summed E-state index contributed by atoms with van der Waals surface area (Å²) in [4.78, 5) is 24.7. The van der Waals surface area contributed by atoms with Gasteiger partial charge in [0, 0.05) is 18.4 Å². The van der Waals surface area contributed by atoms with Crippen LogP contribution in [0.3, 0.4) is 0 Å². The molecule has 1 spiro atoms. The van der Waals surface area contributed by atoms with Crippen LogP contribution in [-0.4, -0.2) is 50.6 Å². The van der Waals surface area contributed by atoms with Gasteiger partial charge in [0.05, 0.1) is 32.5 Å². The van der Waals surface area contributed by atoms with Crippen LogP contribution in [0.5, 0.6) is 11.5 Å². The Balaban J connectivity index is 1.22. The highest BCUT2D eigenvalue weighted by Gasteiger charge is 2.69. The Morgan fingerprint density at radius 1 is 1.03 bits per heavy atom. The Bertz CT molecular complexity index is 914. The van der Waals surface area contributed by atoms with E-state index < -0.39 is 23.6 Å². The fourth-order valence-corrected chi connectivity index (χ4v) is 6.77. The smallest absolute Gasteiger partial charge is 0.338 e. The highest BCUT2D eigenvalue weighted by atomic mass is 17.3. The molecule has 2 bridgehead atoms. The molecule has 5 fully saturated rings. The average Bonchev–Trinajstić information content (AvgIpc) is 3.09. The lowest BCUT2D eigenvalue weighted by Gasteiger charge is -2.60. The number of hydrogen-bond donors (Lipinski definition) is 0. The zero-order valence-electron chi connectivity index (χ0n) is 21.4. The molecule has 0 N–H and O–H groups in total. The molecule has 1 aromatic rings. The van der Waals surface area contributed by atoms with Crippen molar-refractivity contribution in [1.29, 1.82) is 0 Å². The lowest BCUT2D eigenvalue weighted by molar-refractivity contribution is -0.571. The second-order valence-corrected chi connectivity index (χ2v) is 10.8. The van der Waals surface area contributed by atoms with Crippen molar-refractivity contribution in [2.45, 2.75) is 83.1 Å². The SMILES string of the molecule is COc1cc(OC)cc(C(=O)OCCC[C@H]2OC3OC4(C)CC[C@H]5[C@H](C)CC[C@@H]([C@H]2C)[C@@]35OO4)c1. The zero-order chi connectivity index (χ0) is 24.8. The van der Waals surface area contributed by atoms with Crippen molar-refractivity contribution < 1.29 is 38.3 Å². The van der Waals surface area contributed by atoms with Crippen LogP contribution in [0.1, 0.15) is 69.7 Å². The van der Waals surface area contributed by atoms with E-state index >= 15 is 0 Å². The molecule has 194 valence electrons. The number of esters is 1.